The highest BCUT2D eigenvalue weighted by Gasteiger charge is 2.15. The molecule has 4 nitrogen and oxygen atoms in total. The van der Waals surface area contributed by atoms with Gasteiger partial charge in [-0.05, 0) is 32.3 Å². The minimum Gasteiger partial charge on any atom is -0.465 e. The third kappa shape index (κ3) is 6.75. The van der Waals surface area contributed by atoms with Gasteiger partial charge in [-0.25, -0.2) is 4.79 Å². The van der Waals surface area contributed by atoms with Crippen molar-refractivity contribution in [2.75, 3.05) is 13.2 Å². The number of unbranched alkanes of at least 4 members (excludes halogenated alkanes) is 1. The lowest BCUT2D eigenvalue weighted by molar-refractivity contribution is -0.145. The Morgan fingerprint density at radius 1 is 1.10 bits per heavy atom. The molecule has 1 rings (SSSR count). The zero-order chi connectivity index (χ0) is 15.5. The minimum atomic E-state index is -0.341. The van der Waals surface area contributed by atoms with Gasteiger partial charge in [-0.15, -0.1) is 0 Å². The Bertz CT molecular complexity index is 465. The molecule has 0 amide bonds. The molecular formula is C17H22O4. The van der Waals surface area contributed by atoms with Gasteiger partial charge < -0.3 is 9.47 Å². The number of ether oxygens (including phenoxy) is 2. The minimum absolute atomic E-state index is 0.230. The van der Waals surface area contributed by atoms with Gasteiger partial charge in [-0.1, -0.05) is 36.4 Å². The average molecular weight is 290 g/mol. The standard InChI is InChI=1S/C17H22O4/c1-3-9-16(18)20-12-7-8-13-21-17(19)14(2)15-10-5-4-6-11-15/h3-6,9-11,14H,7-8,12-13H2,1-2H3. The Balaban J connectivity index is 2.15. The molecule has 21 heavy (non-hydrogen) atoms. The molecule has 0 aliphatic carbocycles. The molecule has 1 unspecified atom stereocenters. The maximum absolute atomic E-state index is 11.9. The van der Waals surface area contributed by atoms with E-state index in [0.717, 1.165) is 5.56 Å². The fourth-order valence-electron chi connectivity index (χ4n) is 1.74. The van der Waals surface area contributed by atoms with E-state index in [1.54, 1.807) is 13.0 Å². The predicted molar refractivity (Wildman–Crippen MR) is 80.8 cm³/mol. The van der Waals surface area contributed by atoms with Gasteiger partial charge in [0.05, 0.1) is 19.1 Å². The first-order valence-corrected chi connectivity index (χ1v) is 7.16. The molecule has 1 aromatic carbocycles. The van der Waals surface area contributed by atoms with Crippen LogP contribution in [0.1, 0.15) is 38.2 Å². The van der Waals surface area contributed by atoms with Gasteiger partial charge in [0.2, 0.25) is 0 Å². The molecule has 1 aromatic rings. The molecular weight excluding hydrogens is 268 g/mol. The summed E-state index contributed by atoms with van der Waals surface area (Å²) in [5, 5.41) is 0. The van der Waals surface area contributed by atoms with Crippen molar-refractivity contribution >= 4 is 11.9 Å². The Morgan fingerprint density at radius 3 is 2.33 bits per heavy atom. The van der Waals surface area contributed by atoms with Gasteiger partial charge in [-0.3, -0.25) is 4.79 Å². The predicted octanol–water partition coefficient (Wildman–Crippen LogP) is 3.23. The average Bonchev–Trinajstić information content (AvgIpc) is 2.51. The van der Waals surface area contributed by atoms with Crippen molar-refractivity contribution in [3.8, 4) is 0 Å². The van der Waals surface area contributed by atoms with Gasteiger partial charge in [-0.2, -0.15) is 0 Å². The van der Waals surface area contributed by atoms with E-state index in [0.29, 0.717) is 26.1 Å². The van der Waals surface area contributed by atoms with Crippen molar-refractivity contribution in [3.05, 3.63) is 48.0 Å². The molecule has 0 spiro atoms. The van der Waals surface area contributed by atoms with E-state index < -0.39 is 0 Å². The van der Waals surface area contributed by atoms with Crippen LogP contribution in [0, 0.1) is 0 Å². The van der Waals surface area contributed by atoms with Crippen LogP contribution in [0.5, 0.6) is 0 Å². The first-order valence-electron chi connectivity index (χ1n) is 7.16. The lowest BCUT2D eigenvalue weighted by atomic mass is 10.0. The SMILES string of the molecule is CC=CC(=O)OCCCCOC(=O)C(C)c1ccccc1. The number of benzene rings is 1. The Kier molecular flexibility index (Phi) is 7.87. The fraction of sp³-hybridized carbons (Fsp3) is 0.412. The van der Waals surface area contributed by atoms with Gasteiger partial charge in [0, 0.05) is 6.08 Å². The van der Waals surface area contributed by atoms with E-state index in [1.165, 1.54) is 6.08 Å². The van der Waals surface area contributed by atoms with Crippen LogP contribution >= 0.6 is 0 Å². The van der Waals surface area contributed by atoms with Crippen molar-refractivity contribution in [2.45, 2.75) is 32.6 Å². The summed E-state index contributed by atoms with van der Waals surface area (Å²) in [6, 6.07) is 9.53. The summed E-state index contributed by atoms with van der Waals surface area (Å²) in [6.45, 7) is 4.28. The Labute approximate surface area is 125 Å². The molecule has 0 saturated carbocycles. The summed E-state index contributed by atoms with van der Waals surface area (Å²) >= 11 is 0. The fourth-order valence-corrected chi connectivity index (χ4v) is 1.74. The van der Waals surface area contributed by atoms with Crippen LogP contribution in [-0.2, 0) is 19.1 Å². The summed E-state index contributed by atoms with van der Waals surface area (Å²) in [5.41, 5.74) is 0.947. The molecule has 0 aliphatic heterocycles. The highest BCUT2D eigenvalue weighted by Crippen LogP contribution is 2.16. The second kappa shape index (κ2) is 9.75. The van der Waals surface area contributed by atoms with E-state index in [2.05, 4.69) is 0 Å². The summed E-state index contributed by atoms with van der Waals surface area (Å²) in [7, 11) is 0. The number of carbonyl (C=O) groups is 2. The number of hydrogen-bond donors (Lipinski definition) is 0. The van der Waals surface area contributed by atoms with E-state index in [1.807, 2.05) is 37.3 Å². The van der Waals surface area contributed by atoms with Crippen molar-refractivity contribution in [2.24, 2.45) is 0 Å². The van der Waals surface area contributed by atoms with Gasteiger partial charge >= 0.3 is 11.9 Å². The lowest BCUT2D eigenvalue weighted by Crippen LogP contribution is -2.14. The smallest absolute Gasteiger partial charge is 0.330 e. The third-order valence-corrected chi connectivity index (χ3v) is 2.98. The highest BCUT2D eigenvalue weighted by molar-refractivity contribution is 5.81. The normalized spacial score (nSPS) is 12.1. The van der Waals surface area contributed by atoms with Crippen molar-refractivity contribution in [3.63, 3.8) is 0 Å². The molecule has 4 heteroatoms. The third-order valence-electron chi connectivity index (χ3n) is 2.98. The van der Waals surface area contributed by atoms with E-state index in [9.17, 15) is 9.59 Å². The first-order chi connectivity index (χ1) is 10.1. The zero-order valence-electron chi connectivity index (χ0n) is 12.6. The van der Waals surface area contributed by atoms with Gasteiger partial charge in [0.1, 0.15) is 0 Å². The molecule has 0 saturated heterocycles. The van der Waals surface area contributed by atoms with Crippen LogP contribution in [0.15, 0.2) is 42.5 Å². The quantitative estimate of drug-likeness (QED) is 0.419. The second-order valence-electron chi connectivity index (χ2n) is 4.67. The van der Waals surface area contributed by atoms with Crippen LogP contribution in [0.4, 0.5) is 0 Å². The first kappa shape index (κ1) is 17.0. The number of carbonyl (C=O) groups excluding carboxylic acids is 2. The van der Waals surface area contributed by atoms with E-state index in [4.69, 9.17) is 9.47 Å². The van der Waals surface area contributed by atoms with Gasteiger partial charge in [0.25, 0.3) is 0 Å². The maximum Gasteiger partial charge on any atom is 0.330 e. The van der Waals surface area contributed by atoms with Crippen molar-refractivity contribution in [1.82, 2.24) is 0 Å². The van der Waals surface area contributed by atoms with E-state index >= 15 is 0 Å². The van der Waals surface area contributed by atoms with Crippen LogP contribution < -0.4 is 0 Å². The Hall–Kier alpha value is -2.10. The van der Waals surface area contributed by atoms with Crippen LogP contribution in [-0.4, -0.2) is 25.2 Å². The molecule has 0 bridgehead atoms. The summed E-state index contributed by atoms with van der Waals surface area (Å²) < 4.78 is 10.2. The van der Waals surface area contributed by atoms with Crippen LogP contribution in [0.25, 0.3) is 0 Å². The van der Waals surface area contributed by atoms with Gasteiger partial charge in [0.15, 0.2) is 0 Å². The Morgan fingerprint density at radius 2 is 1.71 bits per heavy atom. The van der Waals surface area contributed by atoms with Crippen LogP contribution in [0.3, 0.4) is 0 Å². The summed E-state index contributed by atoms with van der Waals surface area (Å²) in [5.74, 6) is -0.835. The molecule has 0 aromatic heterocycles. The molecule has 0 heterocycles. The number of esters is 2. The maximum atomic E-state index is 11.9. The number of rotatable bonds is 8. The summed E-state index contributed by atoms with van der Waals surface area (Å²) in [4.78, 5) is 22.9. The molecule has 0 fully saturated rings. The molecule has 114 valence electrons. The second-order valence-corrected chi connectivity index (χ2v) is 4.67. The largest absolute Gasteiger partial charge is 0.465 e. The molecule has 0 radical (unpaired) electrons. The number of hydrogen-bond acceptors (Lipinski definition) is 4. The lowest BCUT2D eigenvalue weighted by Gasteiger charge is -2.11. The molecule has 0 aliphatic rings. The number of allylic oxidation sites excluding steroid dienone is 1. The van der Waals surface area contributed by atoms with Crippen LogP contribution in [0.2, 0.25) is 0 Å². The molecule has 0 N–H and O–H groups in total. The van der Waals surface area contributed by atoms with E-state index in [-0.39, 0.29) is 17.9 Å². The summed E-state index contributed by atoms with van der Waals surface area (Å²) in [6.07, 6.45) is 4.36. The zero-order valence-corrected chi connectivity index (χ0v) is 12.6. The molecule has 1 atom stereocenters. The highest BCUT2D eigenvalue weighted by atomic mass is 16.5. The monoisotopic (exact) mass is 290 g/mol. The van der Waals surface area contributed by atoms with Crippen molar-refractivity contribution < 1.29 is 19.1 Å². The van der Waals surface area contributed by atoms with Crippen molar-refractivity contribution in [1.29, 1.82) is 0 Å². The topological polar surface area (TPSA) is 52.6 Å².